The highest BCUT2D eigenvalue weighted by Gasteiger charge is 2.22. The number of hydrogen-bond donors (Lipinski definition) is 0. The summed E-state index contributed by atoms with van der Waals surface area (Å²) in [5, 5.41) is 48.7. The van der Waals surface area contributed by atoms with E-state index in [2.05, 4.69) is 0 Å². The molecule has 9 aromatic rings. The van der Waals surface area contributed by atoms with Crippen molar-refractivity contribution < 1.29 is 0 Å². The van der Waals surface area contributed by atoms with Crippen LogP contribution in [0.25, 0.3) is 98.4 Å². The molecule has 0 fully saturated rings. The van der Waals surface area contributed by atoms with Crippen molar-refractivity contribution in [1.82, 2.24) is 19.9 Å². The van der Waals surface area contributed by atoms with Crippen LogP contribution in [0, 0.1) is 45.3 Å². The smallest absolute Gasteiger partial charge is 0.141 e. The van der Waals surface area contributed by atoms with Gasteiger partial charge in [0.25, 0.3) is 0 Å². The van der Waals surface area contributed by atoms with E-state index in [1.807, 2.05) is 121 Å². The summed E-state index contributed by atoms with van der Waals surface area (Å²) >= 11 is 0. The van der Waals surface area contributed by atoms with Gasteiger partial charge < -0.3 is 0 Å². The summed E-state index contributed by atoms with van der Waals surface area (Å²) in [7, 11) is 0. The molecule has 8 nitrogen and oxygen atoms in total. The molecule has 0 atom stereocenters. The predicted molar refractivity (Wildman–Crippen MR) is 186 cm³/mol. The van der Waals surface area contributed by atoms with Crippen molar-refractivity contribution in [3.05, 3.63) is 107 Å². The van der Waals surface area contributed by atoms with Crippen LogP contribution in [0.4, 0.5) is 0 Å². The van der Waals surface area contributed by atoms with Gasteiger partial charge in [-0.1, -0.05) is 97.1 Å². The van der Waals surface area contributed by atoms with Gasteiger partial charge >= 0.3 is 0 Å². The number of fused-ring (bicyclic) bond motifs is 14. The molecule has 9 rings (SSSR count). The van der Waals surface area contributed by atoms with Gasteiger partial charge in [-0.05, 0) is 21.5 Å². The lowest BCUT2D eigenvalue weighted by Crippen LogP contribution is -2.23. The maximum Gasteiger partial charge on any atom is 0.141 e. The molecule has 0 amide bonds. The van der Waals surface area contributed by atoms with Crippen LogP contribution >= 0.6 is 0 Å². The average molecular weight is 609 g/mol. The maximum atomic E-state index is 10.3. The van der Waals surface area contributed by atoms with Gasteiger partial charge in [-0.15, -0.1) is 0 Å². The molecule has 0 spiro atoms. The standard InChI is InChI=1S/C40H16N8/c41-17-21(18-42)31-37-38(46-34-28-14-6-2-10-24(28)23-9-1-5-13-27(23)33(34)45-37)32(22(19-43)20-44)40-39(31)47-35-29-15-7-3-11-25(29)26-12-4-8-16-30(26)36(35)48-40/h1-16H. The van der Waals surface area contributed by atoms with Gasteiger partial charge in [-0.2, -0.15) is 21.0 Å². The third kappa shape index (κ3) is 3.49. The Morgan fingerprint density at radius 1 is 0.312 bits per heavy atom. The Hall–Kier alpha value is -7.52. The molecule has 8 heteroatoms. The van der Waals surface area contributed by atoms with Crippen molar-refractivity contribution in [1.29, 1.82) is 21.0 Å². The second-order valence-corrected chi connectivity index (χ2v) is 11.4. The van der Waals surface area contributed by atoms with Crippen LogP contribution in [0.5, 0.6) is 0 Å². The zero-order chi connectivity index (χ0) is 32.5. The van der Waals surface area contributed by atoms with Crippen LogP contribution in [0.1, 0.15) is 0 Å². The average Bonchev–Trinajstić information content (AvgIpc) is 3.15. The molecule has 0 bridgehead atoms. The largest absolute Gasteiger partial charge is 0.243 e. The van der Waals surface area contributed by atoms with Gasteiger partial charge in [0.1, 0.15) is 57.5 Å². The zero-order valence-electron chi connectivity index (χ0n) is 24.8. The van der Waals surface area contributed by atoms with Gasteiger partial charge in [0.05, 0.1) is 32.5 Å². The maximum absolute atomic E-state index is 10.3. The summed E-state index contributed by atoms with van der Waals surface area (Å²) in [6.45, 7) is 0. The minimum Gasteiger partial charge on any atom is -0.243 e. The quantitative estimate of drug-likeness (QED) is 0.134. The molecule has 0 N–H and O–H groups in total. The zero-order valence-corrected chi connectivity index (χ0v) is 24.8. The molecule has 48 heavy (non-hydrogen) atoms. The molecule has 0 unspecified atom stereocenters. The Kier molecular flexibility index (Phi) is 5.59. The Labute approximate surface area is 270 Å². The van der Waals surface area contributed by atoms with Gasteiger partial charge in [0.15, 0.2) is 0 Å². The molecular formula is C40H16N8. The number of rotatable bonds is 0. The summed E-state index contributed by atoms with van der Waals surface area (Å²) in [5.41, 5.74) is 2.50. The first-order chi connectivity index (χ1) is 23.7. The van der Waals surface area contributed by atoms with E-state index >= 15 is 0 Å². The summed E-state index contributed by atoms with van der Waals surface area (Å²) in [5.74, 6) is 0. The second kappa shape index (κ2) is 9.99. The molecule has 2 aromatic heterocycles. The monoisotopic (exact) mass is 608 g/mol. The third-order valence-electron chi connectivity index (χ3n) is 9.00. The molecule has 0 aliphatic carbocycles. The summed E-state index contributed by atoms with van der Waals surface area (Å²) in [6.07, 6.45) is 0. The SMILES string of the molecule is N#CC(C#N)=c1c2nc3c4ccccc4c4ccccc4c3nc2c(=C(C#N)C#N)c2nc3c4ccccc4c4ccccc4c3nc12. The molecule has 0 saturated heterocycles. The second-order valence-electron chi connectivity index (χ2n) is 11.4. The van der Waals surface area contributed by atoms with Crippen LogP contribution < -0.4 is 10.4 Å². The topological polar surface area (TPSA) is 147 Å². The molecule has 0 aliphatic rings. The lowest BCUT2D eigenvalue weighted by molar-refractivity contribution is 1.34. The highest BCUT2D eigenvalue weighted by Crippen LogP contribution is 2.35. The summed E-state index contributed by atoms with van der Waals surface area (Å²) in [6, 6.07) is 39.6. The number of benzene rings is 7. The van der Waals surface area contributed by atoms with Gasteiger partial charge in [0.2, 0.25) is 0 Å². The van der Waals surface area contributed by atoms with E-state index in [0.717, 1.165) is 43.1 Å². The molecule has 7 aromatic carbocycles. The Morgan fingerprint density at radius 2 is 0.521 bits per heavy atom. The van der Waals surface area contributed by atoms with Crippen molar-refractivity contribution in [2.45, 2.75) is 0 Å². The first-order valence-corrected chi connectivity index (χ1v) is 15.0. The lowest BCUT2D eigenvalue weighted by Gasteiger charge is -2.13. The number of aromatic nitrogens is 4. The number of nitrogens with zero attached hydrogens (tertiary/aromatic N) is 8. The van der Waals surface area contributed by atoms with E-state index in [0.29, 0.717) is 22.1 Å². The van der Waals surface area contributed by atoms with Gasteiger partial charge in [-0.25, -0.2) is 19.9 Å². The van der Waals surface area contributed by atoms with Crippen LogP contribution in [-0.4, -0.2) is 19.9 Å². The fourth-order valence-electron chi connectivity index (χ4n) is 6.99. The number of nitriles is 4. The molecule has 216 valence electrons. The van der Waals surface area contributed by atoms with Crippen molar-refractivity contribution in [3.63, 3.8) is 0 Å². The van der Waals surface area contributed by atoms with Crippen LogP contribution in [0.15, 0.2) is 97.1 Å². The molecular weight excluding hydrogens is 592 g/mol. The Morgan fingerprint density at radius 3 is 0.729 bits per heavy atom. The van der Waals surface area contributed by atoms with Crippen molar-refractivity contribution in [2.75, 3.05) is 0 Å². The fraction of sp³-hybridized carbons (Fsp3) is 0. The van der Waals surface area contributed by atoms with E-state index < -0.39 is 0 Å². The van der Waals surface area contributed by atoms with Crippen LogP contribution in [-0.2, 0) is 0 Å². The first kappa shape index (κ1) is 26.8. The minimum atomic E-state index is -0.232. The highest BCUT2D eigenvalue weighted by atomic mass is 14.9. The van der Waals surface area contributed by atoms with Crippen LogP contribution in [0.3, 0.4) is 0 Å². The van der Waals surface area contributed by atoms with E-state index in [1.54, 1.807) is 0 Å². The van der Waals surface area contributed by atoms with E-state index in [4.69, 9.17) is 19.9 Å². The van der Waals surface area contributed by atoms with Gasteiger partial charge in [0, 0.05) is 21.5 Å². The fourth-order valence-corrected chi connectivity index (χ4v) is 6.99. The van der Waals surface area contributed by atoms with E-state index in [-0.39, 0.29) is 43.7 Å². The molecule has 2 heterocycles. The van der Waals surface area contributed by atoms with Crippen LogP contribution in [0.2, 0.25) is 0 Å². The third-order valence-corrected chi connectivity index (χ3v) is 9.00. The van der Waals surface area contributed by atoms with Crippen molar-refractivity contribution in [2.24, 2.45) is 0 Å². The predicted octanol–water partition coefficient (Wildman–Crippen LogP) is 6.89. The Balaban J connectivity index is 1.68. The molecule has 0 radical (unpaired) electrons. The minimum absolute atomic E-state index is 0.155. The van der Waals surface area contributed by atoms with Crippen molar-refractivity contribution in [3.8, 4) is 24.3 Å². The summed E-state index contributed by atoms with van der Waals surface area (Å²) < 4.78 is 0. The number of hydrogen-bond acceptors (Lipinski definition) is 8. The lowest BCUT2D eigenvalue weighted by atomic mass is 9.98. The molecule has 0 aliphatic heterocycles. The first-order valence-electron chi connectivity index (χ1n) is 15.0. The Bertz CT molecular complexity index is 2850. The normalized spacial score (nSPS) is 11.2. The molecule has 0 saturated carbocycles. The van der Waals surface area contributed by atoms with Crippen molar-refractivity contribution >= 4 is 98.4 Å². The highest BCUT2D eigenvalue weighted by molar-refractivity contribution is 6.26. The van der Waals surface area contributed by atoms with E-state index in [1.165, 1.54) is 0 Å². The van der Waals surface area contributed by atoms with E-state index in [9.17, 15) is 21.0 Å². The van der Waals surface area contributed by atoms with Gasteiger partial charge in [-0.3, -0.25) is 0 Å². The summed E-state index contributed by atoms with van der Waals surface area (Å²) in [4.78, 5) is 20.6.